The fourth-order valence-corrected chi connectivity index (χ4v) is 2.15. The van der Waals surface area contributed by atoms with Crippen molar-refractivity contribution in [3.8, 4) is 0 Å². The summed E-state index contributed by atoms with van der Waals surface area (Å²) < 4.78 is 1.88. The lowest BCUT2D eigenvalue weighted by Gasteiger charge is -2.21. The van der Waals surface area contributed by atoms with Crippen molar-refractivity contribution in [3.05, 3.63) is 17.5 Å². The summed E-state index contributed by atoms with van der Waals surface area (Å²) >= 11 is 0. The lowest BCUT2D eigenvalue weighted by Crippen LogP contribution is -2.27. The van der Waals surface area contributed by atoms with Crippen molar-refractivity contribution in [3.63, 3.8) is 0 Å². The Morgan fingerprint density at radius 2 is 2.24 bits per heavy atom. The van der Waals surface area contributed by atoms with E-state index >= 15 is 0 Å². The Hall–Kier alpha value is -0.290. The number of aromatic nitrogens is 2. The van der Waals surface area contributed by atoms with Crippen molar-refractivity contribution in [2.75, 3.05) is 13.2 Å². The fourth-order valence-electron chi connectivity index (χ4n) is 2.15. The van der Waals surface area contributed by atoms with Gasteiger partial charge in [-0.15, -0.1) is 24.8 Å². The van der Waals surface area contributed by atoms with Gasteiger partial charge in [0.2, 0.25) is 0 Å². The molecule has 4 nitrogen and oxygen atoms in total. The van der Waals surface area contributed by atoms with Gasteiger partial charge >= 0.3 is 0 Å². The van der Waals surface area contributed by atoms with Crippen LogP contribution in [0.2, 0.25) is 0 Å². The normalized spacial score (nSPS) is 19.3. The Balaban J connectivity index is 0.00000128. The number of aliphatic hydroxyl groups excluding tert-OH is 1. The highest BCUT2D eigenvalue weighted by molar-refractivity contribution is 5.85. The molecule has 1 fully saturated rings. The molecule has 1 aromatic heterocycles. The Morgan fingerprint density at radius 3 is 2.82 bits per heavy atom. The average Bonchev–Trinajstić information content (AvgIpc) is 2.63. The van der Waals surface area contributed by atoms with Gasteiger partial charge < -0.3 is 10.4 Å². The maximum absolute atomic E-state index is 8.91. The number of hydrogen-bond donors (Lipinski definition) is 2. The molecular formula is C11H21Cl2N3O. The number of nitrogens with zero attached hydrogens (tertiary/aromatic N) is 2. The zero-order valence-electron chi connectivity index (χ0n) is 10.1. The molecule has 1 atom stereocenters. The molecule has 2 rings (SSSR count). The molecule has 0 amide bonds. The van der Waals surface area contributed by atoms with Crippen LogP contribution in [0.1, 0.15) is 36.7 Å². The van der Waals surface area contributed by atoms with Gasteiger partial charge in [-0.05, 0) is 25.5 Å². The molecule has 1 saturated heterocycles. The first kappa shape index (κ1) is 16.7. The average molecular weight is 282 g/mol. The summed E-state index contributed by atoms with van der Waals surface area (Å²) in [5.74, 6) is 0. The van der Waals surface area contributed by atoms with E-state index in [-0.39, 0.29) is 31.4 Å². The molecule has 0 radical (unpaired) electrons. The highest BCUT2D eigenvalue weighted by atomic mass is 35.5. The summed E-state index contributed by atoms with van der Waals surface area (Å²) in [5.41, 5.74) is 2.24. The largest absolute Gasteiger partial charge is 0.396 e. The molecule has 2 heterocycles. The lowest BCUT2D eigenvalue weighted by atomic mass is 10.0. The van der Waals surface area contributed by atoms with Gasteiger partial charge in [0.1, 0.15) is 0 Å². The molecule has 1 aliphatic heterocycles. The number of aryl methyl sites for hydroxylation is 1. The Bertz CT molecular complexity index is 325. The Labute approximate surface area is 115 Å². The van der Waals surface area contributed by atoms with E-state index in [2.05, 4.69) is 16.5 Å². The van der Waals surface area contributed by atoms with Gasteiger partial charge in [-0.3, -0.25) is 4.68 Å². The summed E-state index contributed by atoms with van der Waals surface area (Å²) in [6, 6.07) is 2.52. The highest BCUT2D eigenvalue weighted by Gasteiger charge is 2.18. The van der Waals surface area contributed by atoms with Gasteiger partial charge in [0.05, 0.1) is 11.7 Å². The topological polar surface area (TPSA) is 50.1 Å². The van der Waals surface area contributed by atoms with Crippen LogP contribution in [0.3, 0.4) is 0 Å². The van der Waals surface area contributed by atoms with Crippen LogP contribution in [0, 0.1) is 0 Å². The van der Waals surface area contributed by atoms with Crippen LogP contribution < -0.4 is 5.32 Å². The molecule has 0 saturated carbocycles. The third-order valence-corrected chi connectivity index (χ3v) is 3.03. The summed E-state index contributed by atoms with van der Waals surface area (Å²) in [6.07, 6.45) is 4.42. The molecule has 6 heteroatoms. The second-order valence-corrected chi connectivity index (χ2v) is 4.16. The Kier molecular flexibility index (Phi) is 7.79. The maximum Gasteiger partial charge on any atom is 0.0796 e. The first-order chi connectivity index (χ1) is 7.31. The number of halogens is 2. The summed E-state index contributed by atoms with van der Waals surface area (Å²) in [7, 11) is 1.94. The molecule has 2 N–H and O–H groups in total. The van der Waals surface area contributed by atoms with Crippen LogP contribution >= 0.6 is 24.8 Å². The molecule has 1 aromatic rings. The van der Waals surface area contributed by atoms with Crippen LogP contribution in [0.5, 0.6) is 0 Å². The van der Waals surface area contributed by atoms with Crippen molar-refractivity contribution in [1.82, 2.24) is 15.1 Å². The minimum absolute atomic E-state index is 0. The second-order valence-electron chi connectivity index (χ2n) is 4.16. The highest BCUT2D eigenvalue weighted by Crippen LogP contribution is 2.22. The van der Waals surface area contributed by atoms with E-state index in [0.29, 0.717) is 12.5 Å². The first-order valence-corrected chi connectivity index (χ1v) is 5.68. The molecule has 1 aliphatic rings. The molecule has 0 aromatic carbocycles. The minimum Gasteiger partial charge on any atom is -0.396 e. The molecule has 0 spiro atoms. The number of piperidine rings is 1. The van der Waals surface area contributed by atoms with Crippen molar-refractivity contribution in [2.24, 2.45) is 7.05 Å². The van der Waals surface area contributed by atoms with E-state index in [1.165, 1.54) is 19.3 Å². The van der Waals surface area contributed by atoms with Crippen molar-refractivity contribution < 1.29 is 5.11 Å². The molecule has 1 unspecified atom stereocenters. The number of aliphatic hydroxyl groups is 1. The molecule has 17 heavy (non-hydrogen) atoms. The molecule has 0 aliphatic carbocycles. The van der Waals surface area contributed by atoms with Gasteiger partial charge in [0, 0.05) is 25.8 Å². The third kappa shape index (κ3) is 4.14. The molecule has 100 valence electrons. The third-order valence-electron chi connectivity index (χ3n) is 3.03. The van der Waals surface area contributed by atoms with E-state index in [1.54, 1.807) is 0 Å². The zero-order valence-corrected chi connectivity index (χ0v) is 11.7. The van der Waals surface area contributed by atoms with Gasteiger partial charge in [0.25, 0.3) is 0 Å². The molecular weight excluding hydrogens is 261 g/mol. The predicted octanol–water partition coefficient (Wildman–Crippen LogP) is 1.61. The van der Waals surface area contributed by atoms with Crippen LogP contribution in [0.4, 0.5) is 0 Å². The van der Waals surface area contributed by atoms with E-state index in [9.17, 15) is 0 Å². The summed E-state index contributed by atoms with van der Waals surface area (Å²) in [4.78, 5) is 0. The van der Waals surface area contributed by atoms with Crippen LogP contribution in [0.15, 0.2) is 6.07 Å². The monoisotopic (exact) mass is 281 g/mol. The van der Waals surface area contributed by atoms with Crippen molar-refractivity contribution >= 4 is 24.8 Å². The van der Waals surface area contributed by atoms with Gasteiger partial charge in [0.15, 0.2) is 0 Å². The second kappa shape index (κ2) is 7.93. The lowest BCUT2D eigenvalue weighted by molar-refractivity contribution is 0.296. The van der Waals surface area contributed by atoms with Crippen LogP contribution in [-0.4, -0.2) is 28.0 Å². The first-order valence-electron chi connectivity index (χ1n) is 5.68. The Morgan fingerprint density at radius 1 is 1.47 bits per heavy atom. The van der Waals surface area contributed by atoms with E-state index < -0.39 is 0 Å². The number of nitrogens with one attached hydrogen (secondary N) is 1. The van der Waals surface area contributed by atoms with Crippen molar-refractivity contribution in [1.29, 1.82) is 0 Å². The quantitative estimate of drug-likeness (QED) is 0.885. The number of rotatable bonds is 3. The van der Waals surface area contributed by atoms with Crippen molar-refractivity contribution in [2.45, 2.75) is 31.7 Å². The van der Waals surface area contributed by atoms with Gasteiger partial charge in [-0.1, -0.05) is 6.42 Å². The maximum atomic E-state index is 8.91. The molecule has 0 bridgehead atoms. The predicted molar refractivity (Wildman–Crippen MR) is 73.1 cm³/mol. The van der Waals surface area contributed by atoms with Crippen LogP contribution in [-0.2, 0) is 13.5 Å². The van der Waals surface area contributed by atoms with Gasteiger partial charge in [-0.2, -0.15) is 5.10 Å². The number of hydrogen-bond acceptors (Lipinski definition) is 3. The minimum atomic E-state index is 0. The van der Waals surface area contributed by atoms with Crippen LogP contribution in [0.25, 0.3) is 0 Å². The standard InChI is InChI=1S/C11H19N3O.2ClH/c1-14-9(5-7-15)8-11(13-14)10-4-2-3-6-12-10;;/h8,10,12,15H,2-7H2,1H3;2*1H. The smallest absolute Gasteiger partial charge is 0.0796 e. The van der Waals surface area contributed by atoms with Gasteiger partial charge in [-0.25, -0.2) is 0 Å². The van der Waals surface area contributed by atoms with E-state index in [4.69, 9.17) is 5.11 Å². The SMILES string of the molecule is Cl.Cl.Cn1nc(C2CCCCN2)cc1CCO. The van der Waals surface area contributed by atoms with E-state index in [1.807, 2.05) is 11.7 Å². The fraction of sp³-hybridized carbons (Fsp3) is 0.727. The zero-order chi connectivity index (χ0) is 10.7. The summed E-state index contributed by atoms with van der Waals surface area (Å²) in [6.45, 7) is 1.29. The van der Waals surface area contributed by atoms with E-state index in [0.717, 1.165) is 17.9 Å². The summed E-state index contributed by atoms with van der Waals surface area (Å²) in [5, 5.41) is 16.9.